The third kappa shape index (κ3) is 3.05. The largest absolute Gasteiger partial charge is 0.342 e. The molecule has 0 aliphatic heterocycles. The number of nitrogens with zero attached hydrogens (tertiary/aromatic N) is 1. The van der Waals surface area contributed by atoms with Crippen LogP contribution in [-0.2, 0) is 0 Å². The maximum Gasteiger partial charge on any atom is 0.162 e. The van der Waals surface area contributed by atoms with E-state index >= 15 is 0 Å². The summed E-state index contributed by atoms with van der Waals surface area (Å²) in [6.45, 7) is 4.66. The van der Waals surface area contributed by atoms with Gasteiger partial charge in [0.1, 0.15) is 5.82 Å². The molecule has 0 bridgehead atoms. The Balaban J connectivity index is 2.28. The van der Waals surface area contributed by atoms with Gasteiger partial charge in [-0.3, -0.25) is 4.79 Å². The van der Waals surface area contributed by atoms with Crippen LogP contribution in [0.15, 0.2) is 48.5 Å². The van der Waals surface area contributed by atoms with Crippen LogP contribution in [0, 0.1) is 5.82 Å². The smallest absolute Gasteiger partial charge is 0.162 e. The van der Waals surface area contributed by atoms with Crippen molar-refractivity contribution < 1.29 is 9.18 Å². The summed E-state index contributed by atoms with van der Waals surface area (Å²) >= 11 is 0. The number of carbonyl (C=O) groups excluding carboxylic acids is 1. The molecule has 0 amide bonds. The first-order valence-corrected chi connectivity index (χ1v) is 6.82. The van der Waals surface area contributed by atoms with Crippen LogP contribution in [0.4, 0.5) is 15.8 Å². The van der Waals surface area contributed by atoms with Gasteiger partial charge in [-0.25, -0.2) is 4.39 Å². The first kappa shape index (κ1) is 14.3. The molecule has 0 radical (unpaired) electrons. The molecule has 0 unspecified atom stereocenters. The molecule has 2 nitrogen and oxygen atoms in total. The number of rotatable bonds is 5. The second-order valence-electron chi connectivity index (χ2n) is 4.54. The molecule has 2 rings (SSSR count). The lowest BCUT2D eigenvalue weighted by Gasteiger charge is -2.23. The highest BCUT2D eigenvalue weighted by Crippen LogP contribution is 2.25. The van der Waals surface area contributed by atoms with E-state index in [-0.39, 0.29) is 11.6 Å². The van der Waals surface area contributed by atoms with E-state index in [9.17, 15) is 9.18 Å². The number of Topliss-reactive ketones (excluding diaryl/α,β-unsaturated/α-hetero) is 1. The first-order chi connectivity index (χ1) is 9.65. The Bertz CT molecular complexity index is 575. The van der Waals surface area contributed by atoms with Gasteiger partial charge in [0.05, 0.1) is 0 Å². The normalized spacial score (nSPS) is 10.3. The molecule has 0 N–H and O–H groups in total. The molecule has 2 aromatic carbocycles. The van der Waals surface area contributed by atoms with Crippen LogP contribution in [0.3, 0.4) is 0 Å². The van der Waals surface area contributed by atoms with Crippen LogP contribution in [0.5, 0.6) is 0 Å². The molecule has 20 heavy (non-hydrogen) atoms. The van der Waals surface area contributed by atoms with E-state index in [4.69, 9.17) is 0 Å². The van der Waals surface area contributed by atoms with Gasteiger partial charge < -0.3 is 4.90 Å². The molecule has 0 saturated carbocycles. The molecule has 0 fully saturated rings. The van der Waals surface area contributed by atoms with E-state index in [1.165, 1.54) is 12.1 Å². The monoisotopic (exact) mass is 271 g/mol. The van der Waals surface area contributed by atoms with Gasteiger partial charge in [0, 0.05) is 29.9 Å². The molecule has 0 aliphatic rings. The minimum absolute atomic E-state index is 0.140. The number of hydrogen-bond donors (Lipinski definition) is 0. The second-order valence-corrected chi connectivity index (χ2v) is 4.54. The molecular weight excluding hydrogens is 253 g/mol. The fraction of sp³-hybridized carbons (Fsp3) is 0.235. The van der Waals surface area contributed by atoms with Crippen molar-refractivity contribution in [3.63, 3.8) is 0 Å². The van der Waals surface area contributed by atoms with E-state index in [1.54, 1.807) is 12.1 Å². The van der Waals surface area contributed by atoms with Gasteiger partial charge in [-0.15, -0.1) is 0 Å². The van der Waals surface area contributed by atoms with E-state index in [1.807, 2.05) is 38.1 Å². The molecule has 0 heterocycles. The summed E-state index contributed by atoms with van der Waals surface area (Å²) in [5.74, 6) is -0.102. The topological polar surface area (TPSA) is 20.3 Å². The lowest BCUT2D eigenvalue weighted by atomic mass is 10.1. The summed E-state index contributed by atoms with van der Waals surface area (Å²) in [5, 5.41) is 0. The van der Waals surface area contributed by atoms with Crippen molar-refractivity contribution in [3.8, 4) is 0 Å². The van der Waals surface area contributed by atoms with Crippen LogP contribution in [-0.4, -0.2) is 12.3 Å². The second kappa shape index (κ2) is 6.33. The Morgan fingerprint density at radius 2 is 1.45 bits per heavy atom. The number of carbonyl (C=O) groups is 1. The average Bonchev–Trinajstić information content (AvgIpc) is 2.50. The SMILES string of the molecule is CCC(=O)c1ccc(N(CC)c2ccc(F)cc2)cc1. The maximum absolute atomic E-state index is 13.0. The summed E-state index contributed by atoms with van der Waals surface area (Å²) in [6, 6.07) is 13.9. The molecule has 0 saturated heterocycles. The molecule has 0 aromatic heterocycles. The molecule has 0 aliphatic carbocycles. The van der Waals surface area contributed by atoms with E-state index < -0.39 is 0 Å². The quantitative estimate of drug-likeness (QED) is 0.742. The summed E-state index contributed by atoms with van der Waals surface area (Å²) in [7, 11) is 0. The van der Waals surface area contributed by atoms with Gasteiger partial charge in [0.15, 0.2) is 5.78 Å². The molecule has 104 valence electrons. The summed E-state index contributed by atoms with van der Waals surface area (Å²) < 4.78 is 13.0. The van der Waals surface area contributed by atoms with Crippen LogP contribution >= 0.6 is 0 Å². The molecular formula is C17H18FNO. The van der Waals surface area contributed by atoms with Crippen LogP contribution in [0.1, 0.15) is 30.6 Å². The van der Waals surface area contributed by atoms with Gasteiger partial charge in [-0.2, -0.15) is 0 Å². The molecule has 2 aromatic rings. The fourth-order valence-corrected chi connectivity index (χ4v) is 2.17. The summed E-state index contributed by atoms with van der Waals surface area (Å²) in [5.41, 5.74) is 2.65. The van der Waals surface area contributed by atoms with Gasteiger partial charge in [-0.1, -0.05) is 6.92 Å². The summed E-state index contributed by atoms with van der Waals surface area (Å²) in [6.07, 6.45) is 0.509. The maximum atomic E-state index is 13.0. The number of ketones is 1. The number of halogens is 1. The predicted molar refractivity (Wildman–Crippen MR) is 80.1 cm³/mol. The van der Waals surface area contributed by atoms with Crippen molar-refractivity contribution in [2.75, 3.05) is 11.4 Å². The van der Waals surface area contributed by atoms with Crippen LogP contribution in [0.2, 0.25) is 0 Å². The lowest BCUT2D eigenvalue weighted by Crippen LogP contribution is -2.16. The summed E-state index contributed by atoms with van der Waals surface area (Å²) in [4.78, 5) is 13.7. The van der Waals surface area contributed by atoms with Gasteiger partial charge in [-0.05, 0) is 55.5 Å². The minimum Gasteiger partial charge on any atom is -0.342 e. The average molecular weight is 271 g/mol. The molecule has 0 spiro atoms. The zero-order chi connectivity index (χ0) is 14.5. The first-order valence-electron chi connectivity index (χ1n) is 6.82. The lowest BCUT2D eigenvalue weighted by molar-refractivity contribution is 0.0988. The number of hydrogen-bond acceptors (Lipinski definition) is 2. The minimum atomic E-state index is -0.242. The highest BCUT2D eigenvalue weighted by atomic mass is 19.1. The zero-order valence-corrected chi connectivity index (χ0v) is 11.8. The Kier molecular flexibility index (Phi) is 4.51. The Labute approximate surface area is 118 Å². The fourth-order valence-electron chi connectivity index (χ4n) is 2.17. The highest BCUT2D eigenvalue weighted by molar-refractivity contribution is 5.96. The van der Waals surface area contributed by atoms with Crippen molar-refractivity contribution in [1.29, 1.82) is 0 Å². The Hall–Kier alpha value is -2.16. The van der Waals surface area contributed by atoms with E-state index in [0.29, 0.717) is 6.42 Å². The highest BCUT2D eigenvalue weighted by Gasteiger charge is 2.09. The third-order valence-corrected chi connectivity index (χ3v) is 3.28. The van der Waals surface area contributed by atoms with E-state index in [0.717, 1.165) is 23.5 Å². The van der Waals surface area contributed by atoms with Gasteiger partial charge in [0.2, 0.25) is 0 Å². The molecule has 0 atom stereocenters. The Morgan fingerprint density at radius 1 is 0.950 bits per heavy atom. The van der Waals surface area contributed by atoms with E-state index in [2.05, 4.69) is 4.90 Å². The van der Waals surface area contributed by atoms with Crippen molar-refractivity contribution in [2.24, 2.45) is 0 Å². The van der Waals surface area contributed by atoms with Crippen LogP contribution in [0.25, 0.3) is 0 Å². The standard InChI is InChI=1S/C17H18FNO/c1-3-17(20)13-5-9-15(10-6-13)19(4-2)16-11-7-14(18)8-12-16/h5-12H,3-4H2,1-2H3. The van der Waals surface area contributed by atoms with Crippen molar-refractivity contribution >= 4 is 17.2 Å². The Morgan fingerprint density at radius 3 is 1.90 bits per heavy atom. The van der Waals surface area contributed by atoms with Gasteiger partial charge >= 0.3 is 0 Å². The zero-order valence-electron chi connectivity index (χ0n) is 11.8. The number of anilines is 2. The van der Waals surface area contributed by atoms with Crippen molar-refractivity contribution in [2.45, 2.75) is 20.3 Å². The van der Waals surface area contributed by atoms with Crippen LogP contribution < -0.4 is 4.90 Å². The number of benzene rings is 2. The van der Waals surface area contributed by atoms with Gasteiger partial charge in [0.25, 0.3) is 0 Å². The van der Waals surface area contributed by atoms with Crippen molar-refractivity contribution in [1.82, 2.24) is 0 Å². The third-order valence-electron chi connectivity index (χ3n) is 3.28. The molecule has 3 heteroatoms. The predicted octanol–water partition coefficient (Wildman–Crippen LogP) is 4.58. The van der Waals surface area contributed by atoms with Crippen molar-refractivity contribution in [3.05, 3.63) is 59.9 Å².